The monoisotopic (exact) mass is 386 g/mol. The first kappa shape index (κ1) is 20.5. The summed E-state index contributed by atoms with van der Waals surface area (Å²) in [7, 11) is 0. The molecule has 0 spiro atoms. The summed E-state index contributed by atoms with van der Waals surface area (Å²) in [5, 5.41) is 6.04. The van der Waals surface area contributed by atoms with E-state index < -0.39 is 0 Å². The normalized spacial score (nSPS) is 18.7. The first-order valence-electron chi connectivity index (χ1n) is 10.6. The van der Waals surface area contributed by atoms with Gasteiger partial charge >= 0.3 is 6.03 Å². The second-order valence-electron chi connectivity index (χ2n) is 8.98. The number of piperidine rings is 2. The highest BCUT2D eigenvalue weighted by Gasteiger charge is 2.26. The molecule has 2 heterocycles. The third kappa shape index (κ3) is 5.40. The Morgan fingerprint density at radius 1 is 0.964 bits per heavy atom. The van der Waals surface area contributed by atoms with Gasteiger partial charge in [0.2, 0.25) is 0 Å². The topological polar surface area (TPSA) is 64.7 Å². The van der Waals surface area contributed by atoms with E-state index in [2.05, 4.69) is 21.6 Å². The highest BCUT2D eigenvalue weighted by Crippen LogP contribution is 2.26. The van der Waals surface area contributed by atoms with Crippen LogP contribution in [0, 0.1) is 0 Å². The molecule has 0 aliphatic carbocycles. The molecule has 0 atom stereocenters. The van der Waals surface area contributed by atoms with E-state index in [0.29, 0.717) is 0 Å². The van der Waals surface area contributed by atoms with Crippen LogP contribution < -0.4 is 15.5 Å². The van der Waals surface area contributed by atoms with Gasteiger partial charge in [-0.25, -0.2) is 4.79 Å². The van der Waals surface area contributed by atoms with Gasteiger partial charge in [-0.15, -0.1) is 0 Å². The Balaban J connectivity index is 1.60. The molecule has 0 aromatic heterocycles. The molecule has 1 aromatic rings. The van der Waals surface area contributed by atoms with Crippen molar-refractivity contribution in [3.63, 3.8) is 0 Å². The number of hydrogen-bond donors (Lipinski definition) is 2. The van der Waals surface area contributed by atoms with E-state index in [1.807, 2.05) is 43.9 Å². The molecule has 28 heavy (non-hydrogen) atoms. The number of rotatable bonds is 3. The number of urea groups is 1. The molecule has 0 radical (unpaired) electrons. The van der Waals surface area contributed by atoms with Gasteiger partial charge in [-0.1, -0.05) is 12.1 Å². The third-order valence-electron chi connectivity index (χ3n) is 5.44. The number of nitrogens with one attached hydrogen (secondary N) is 2. The average Bonchev–Trinajstić information content (AvgIpc) is 2.67. The number of hydrogen-bond acceptors (Lipinski definition) is 3. The minimum Gasteiger partial charge on any atom is -0.371 e. The molecule has 2 aliphatic rings. The van der Waals surface area contributed by atoms with Crippen molar-refractivity contribution in [3.05, 3.63) is 29.8 Å². The number of likely N-dealkylation sites (tertiary alicyclic amines) is 1. The van der Waals surface area contributed by atoms with Crippen LogP contribution in [-0.4, -0.2) is 54.6 Å². The highest BCUT2D eigenvalue weighted by molar-refractivity contribution is 5.99. The van der Waals surface area contributed by atoms with E-state index >= 15 is 0 Å². The maximum absolute atomic E-state index is 13.0. The zero-order valence-corrected chi connectivity index (χ0v) is 17.5. The largest absolute Gasteiger partial charge is 0.371 e. The maximum Gasteiger partial charge on any atom is 0.315 e. The third-order valence-corrected chi connectivity index (χ3v) is 5.44. The molecule has 3 rings (SSSR count). The van der Waals surface area contributed by atoms with Crippen LogP contribution in [0.4, 0.5) is 10.5 Å². The summed E-state index contributed by atoms with van der Waals surface area (Å²) in [5.41, 5.74) is 1.59. The summed E-state index contributed by atoms with van der Waals surface area (Å²) < 4.78 is 0. The minimum atomic E-state index is -0.238. The van der Waals surface area contributed by atoms with Gasteiger partial charge in [0.1, 0.15) is 0 Å². The van der Waals surface area contributed by atoms with Crippen molar-refractivity contribution in [1.82, 2.24) is 15.5 Å². The lowest BCUT2D eigenvalue weighted by atomic mass is 10.0. The van der Waals surface area contributed by atoms with Crippen molar-refractivity contribution in [1.29, 1.82) is 0 Å². The molecule has 154 valence electrons. The summed E-state index contributed by atoms with van der Waals surface area (Å²) in [5.74, 6) is 0.153. The van der Waals surface area contributed by atoms with Crippen molar-refractivity contribution in [2.45, 2.75) is 64.5 Å². The number of anilines is 1. The van der Waals surface area contributed by atoms with E-state index in [-0.39, 0.29) is 23.5 Å². The molecular weight excluding hydrogens is 352 g/mol. The van der Waals surface area contributed by atoms with Crippen molar-refractivity contribution in [3.8, 4) is 0 Å². The van der Waals surface area contributed by atoms with E-state index in [1.54, 1.807) is 0 Å². The second kappa shape index (κ2) is 8.84. The summed E-state index contributed by atoms with van der Waals surface area (Å²) in [6, 6.07) is 8.02. The standard InChI is InChI=1S/C22H34N4O2/c1-22(2,3)24-21(28)23-17-11-15-25(16-12-17)19-10-6-5-9-18(19)20(27)26-13-7-4-8-14-26/h5-6,9-10,17H,4,7-8,11-16H2,1-3H3,(H2,23,24,28). The number of para-hydroxylation sites is 1. The predicted molar refractivity (Wildman–Crippen MR) is 113 cm³/mol. The number of carbonyl (C=O) groups excluding carboxylic acids is 2. The number of benzene rings is 1. The molecule has 2 fully saturated rings. The smallest absolute Gasteiger partial charge is 0.315 e. The van der Waals surface area contributed by atoms with Crippen molar-refractivity contribution < 1.29 is 9.59 Å². The fourth-order valence-corrected chi connectivity index (χ4v) is 4.02. The van der Waals surface area contributed by atoms with E-state index in [1.165, 1.54) is 6.42 Å². The van der Waals surface area contributed by atoms with Crippen LogP contribution in [0.15, 0.2) is 24.3 Å². The molecule has 2 N–H and O–H groups in total. The molecule has 6 nitrogen and oxygen atoms in total. The van der Waals surface area contributed by atoms with Gasteiger partial charge in [0, 0.05) is 43.4 Å². The molecule has 0 saturated carbocycles. The SMILES string of the molecule is CC(C)(C)NC(=O)NC1CCN(c2ccccc2C(=O)N2CCCCC2)CC1. The fourth-order valence-electron chi connectivity index (χ4n) is 4.02. The van der Waals surface area contributed by atoms with Gasteiger partial charge in [0.15, 0.2) is 0 Å². The molecule has 2 saturated heterocycles. The van der Waals surface area contributed by atoms with Gasteiger partial charge in [-0.05, 0) is 65.0 Å². The van der Waals surface area contributed by atoms with Crippen molar-refractivity contribution in [2.75, 3.05) is 31.1 Å². The molecular formula is C22H34N4O2. The first-order valence-corrected chi connectivity index (χ1v) is 10.6. The maximum atomic E-state index is 13.0. The summed E-state index contributed by atoms with van der Waals surface area (Å²) in [6.45, 7) is 9.34. The van der Waals surface area contributed by atoms with Crippen LogP contribution in [0.25, 0.3) is 0 Å². The van der Waals surface area contributed by atoms with E-state index in [4.69, 9.17) is 0 Å². The Morgan fingerprint density at radius 2 is 1.61 bits per heavy atom. The van der Waals surface area contributed by atoms with Gasteiger partial charge in [-0.3, -0.25) is 4.79 Å². The lowest BCUT2D eigenvalue weighted by Gasteiger charge is -2.36. The van der Waals surface area contributed by atoms with Gasteiger partial charge in [0.05, 0.1) is 5.56 Å². The molecule has 6 heteroatoms. The predicted octanol–water partition coefficient (Wildman–Crippen LogP) is 3.38. The quantitative estimate of drug-likeness (QED) is 0.837. The summed E-state index contributed by atoms with van der Waals surface area (Å²) >= 11 is 0. The minimum absolute atomic E-state index is 0.105. The van der Waals surface area contributed by atoms with Gasteiger partial charge in [-0.2, -0.15) is 0 Å². The number of amides is 3. The summed E-state index contributed by atoms with van der Waals surface area (Å²) in [4.78, 5) is 29.4. The van der Waals surface area contributed by atoms with Gasteiger partial charge < -0.3 is 20.4 Å². The Kier molecular flexibility index (Phi) is 6.47. The molecule has 1 aromatic carbocycles. The number of nitrogens with zero attached hydrogens (tertiary/aromatic N) is 2. The Morgan fingerprint density at radius 3 is 2.25 bits per heavy atom. The first-order chi connectivity index (χ1) is 13.3. The zero-order chi connectivity index (χ0) is 20.1. The van der Waals surface area contributed by atoms with Crippen LogP contribution in [0.3, 0.4) is 0 Å². The molecule has 0 unspecified atom stereocenters. The van der Waals surface area contributed by atoms with Crippen LogP contribution in [-0.2, 0) is 0 Å². The second-order valence-corrected chi connectivity index (χ2v) is 8.98. The molecule has 2 aliphatic heterocycles. The Labute approximate surface area is 168 Å². The van der Waals surface area contributed by atoms with E-state index in [0.717, 1.165) is 63.1 Å². The van der Waals surface area contributed by atoms with Crippen molar-refractivity contribution in [2.24, 2.45) is 0 Å². The fraction of sp³-hybridized carbons (Fsp3) is 0.636. The van der Waals surface area contributed by atoms with Crippen LogP contribution in [0.1, 0.15) is 63.2 Å². The summed E-state index contributed by atoms with van der Waals surface area (Å²) in [6.07, 6.45) is 5.17. The van der Waals surface area contributed by atoms with Crippen LogP contribution >= 0.6 is 0 Å². The molecule has 0 bridgehead atoms. The highest BCUT2D eigenvalue weighted by atomic mass is 16.2. The van der Waals surface area contributed by atoms with Crippen molar-refractivity contribution >= 4 is 17.6 Å². The van der Waals surface area contributed by atoms with E-state index in [9.17, 15) is 9.59 Å². The Hall–Kier alpha value is -2.24. The van der Waals surface area contributed by atoms with Crippen LogP contribution in [0.2, 0.25) is 0 Å². The lowest BCUT2D eigenvalue weighted by molar-refractivity contribution is 0.0725. The lowest BCUT2D eigenvalue weighted by Crippen LogP contribution is -2.52. The van der Waals surface area contributed by atoms with Gasteiger partial charge in [0.25, 0.3) is 5.91 Å². The zero-order valence-electron chi connectivity index (χ0n) is 17.5. The average molecular weight is 387 g/mol. The van der Waals surface area contributed by atoms with Crippen LogP contribution in [0.5, 0.6) is 0 Å². The Bertz CT molecular complexity index is 684. The number of carbonyl (C=O) groups is 2. The molecule has 3 amide bonds.